The summed E-state index contributed by atoms with van der Waals surface area (Å²) >= 11 is 0. The Morgan fingerprint density at radius 1 is 1.44 bits per heavy atom. The monoisotopic (exact) mass is 216 g/mol. The SMILES string of the molecule is C#CCCCC(=O)C(OC)c1ccccc1. The van der Waals surface area contributed by atoms with Crippen molar-refractivity contribution in [3.05, 3.63) is 35.9 Å². The van der Waals surface area contributed by atoms with E-state index in [-0.39, 0.29) is 5.78 Å². The lowest BCUT2D eigenvalue weighted by Gasteiger charge is -2.13. The van der Waals surface area contributed by atoms with Crippen LogP contribution in [-0.2, 0) is 9.53 Å². The number of ketones is 1. The molecule has 16 heavy (non-hydrogen) atoms. The third-order valence-electron chi connectivity index (χ3n) is 2.37. The van der Waals surface area contributed by atoms with E-state index in [9.17, 15) is 4.79 Å². The second-order valence-corrected chi connectivity index (χ2v) is 3.55. The van der Waals surface area contributed by atoms with Crippen molar-refractivity contribution in [3.63, 3.8) is 0 Å². The Morgan fingerprint density at radius 2 is 2.12 bits per heavy atom. The first kappa shape index (κ1) is 12.5. The van der Waals surface area contributed by atoms with Gasteiger partial charge in [-0.3, -0.25) is 4.79 Å². The number of benzene rings is 1. The Bertz CT molecular complexity index is 362. The molecule has 0 saturated carbocycles. The molecule has 2 heteroatoms. The maximum Gasteiger partial charge on any atom is 0.166 e. The zero-order chi connectivity index (χ0) is 11.8. The van der Waals surface area contributed by atoms with Gasteiger partial charge in [-0.1, -0.05) is 30.3 Å². The number of methoxy groups -OCH3 is 1. The van der Waals surface area contributed by atoms with Crippen molar-refractivity contribution in [3.8, 4) is 12.3 Å². The highest BCUT2D eigenvalue weighted by Gasteiger charge is 2.18. The summed E-state index contributed by atoms with van der Waals surface area (Å²) in [7, 11) is 1.55. The van der Waals surface area contributed by atoms with Gasteiger partial charge in [0.1, 0.15) is 6.10 Å². The van der Waals surface area contributed by atoms with Crippen LogP contribution in [0.4, 0.5) is 0 Å². The first-order valence-electron chi connectivity index (χ1n) is 5.33. The summed E-state index contributed by atoms with van der Waals surface area (Å²) in [6, 6.07) is 9.51. The lowest BCUT2D eigenvalue weighted by molar-refractivity contribution is -0.129. The van der Waals surface area contributed by atoms with E-state index in [0.717, 1.165) is 12.0 Å². The van der Waals surface area contributed by atoms with Crippen LogP contribution in [0.5, 0.6) is 0 Å². The minimum atomic E-state index is -0.459. The largest absolute Gasteiger partial charge is 0.369 e. The normalized spacial score (nSPS) is 11.8. The predicted molar refractivity (Wildman–Crippen MR) is 63.9 cm³/mol. The number of carbonyl (C=O) groups excluding carboxylic acids is 1. The molecule has 84 valence electrons. The van der Waals surface area contributed by atoms with Crippen molar-refractivity contribution in [2.24, 2.45) is 0 Å². The fraction of sp³-hybridized carbons (Fsp3) is 0.357. The Labute approximate surface area is 96.6 Å². The molecule has 1 aromatic carbocycles. The number of carbonyl (C=O) groups is 1. The van der Waals surface area contributed by atoms with Crippen LogP contribution in [0.1, 0.15) is 30.9 Å². The molecular weight excluding hydrogens is 200 g/mol. The van der Waals surface area contributed by atoms with Gasteiger partial charge in [0, 0.05) is 20.0 Å². The molecule has 1 unspecified atom stereocenters. The zero-order valence-corrected chi connectivity index (χ0v) is 9.48. The number of hydrogen-bond acceptors (Lipinski definition) is 2. The van der Waals surface area contributed by atoms with Crippen LogP contribution in [-0.4, -0.2) is 12.9 Å². The van der Waals surface area contributed by atoms with E-state index >= 15 is 0 Å². The van der Waals surface area contributed by atoms with Crippen LogP contribution >= 0.6 is 0 Å². The van der Waals surface area contributed by atoms with Crippen LogP contribution in [0.25, 0.3) is 0 Å². The van der Waals surface area contributed by atoms with Gasteiger partial charge in [-0.15, -0.1) is 12.3 Å². The first-order chi connectivity index (χ1) is 7.79. The van der Waals surface area contributed by atoms with Gasteiger partial charge in [0.25, 0.3) is 0 Å². The van der Waals surface area contributed by atoms with Crippen molar-refractivity contribution in [1.82, 2.24) is 0 Å². The van der Waals surface area contributed by atoms with Gasteiger partial charge >= 0.3 is 0 Å². The Hall–Kier alpha value is -1.59. The van der Waals surface area contributed by atoms with E-state index in [0.29, 0.717) is 12.8 Å². The molecule has 0 aliphatic carbocycles. The standard InChI is InChI=1S/C14H16O2/c1-3-4-6-11-13(15)14(16-2)12-9-7-5-8-10-12/h1,5,7-10,14H,4,6,11H2,2H3. The van der Waals surface area contributed by atoms with Crippen molar-refractivity contribution < 1.29 is 9.53 Å². The summed E-state index contributed by atoms with van der Waals surface area (Å²) in [5, 5.41) is 0. The van der Waals surface area contributed by atoms with Crippen molar-refractivity contribution in [2.75, 3.05) is 7.11 Å². The number of unbranched alkanes of at least 4 members (excludes halogenated alkanes) is 1. The minimum absolute atomic E-state index is 0.0870. The molecule has 1 atom stereocenters. The third kappa shape index (κ3) is 3.52. The number of ether oxygens (including phenoxy) is 1. The molecule has 0 aliphatic rings. The molecule has 0 aliphatic heterocycles. The average Bonchev–Trinajstić information content (AvgIpc) is 2.32. The van der Waals surface area contributed by atoms with Gasteiger partial charge in [-0.25, -0.2) is 0 Å². The Balaban J connectivity index is 2.61. The van der Waals surface area contributed by atoms with Gasteiger partial charge in [0.2, 0.25) is 0 Å². The fourth-order valence-corrected chi connectivity index (χ4v) is 1.58. The molecule has 0 heterocycles. The Kier molecular flexibility index (Phi) is 5.31. The lowest BCUT2D eigenvalue weighted by atomic mass is 10.0. The van der Waals surface area contributed by atoms with Crippen molar-refractivity contribution >= 4 is 5.78 Å². The van der Waals surface area contributed by atoms with Gasteiger partial charge in [-0.2, -0.15) is 0 Å². The molecule has 0 radical (unpaired) electrons. The number of Topliss-reactive ketones (excluding diaryl/α,β-unsaturated/α-hetero) is 1. The fourth-order valence-electron chi connectivity index (χ4n) is 1.58. The van der Waals surface area contributed by atoms with Gasteiger partial charge in [0.15, 0.2) is 5.78 Å². The van der Waals surface area contributed by atoms with E-state index in [1.165, 1.54) is 0 Å². The maximum absolute atomic E-state index is 11.9. The molecule has 1 aromatic rings. The third-order valence-corrected chi connectivity index (χ3v) is 2.37. The molecule has 1 rings (SSSR count). The molecule has 0 aromatic heterocycles. The summed E-state index contributed by atoms with van der Waals surface area (Å²) in [6.45, 7) is 0. The summed E-state index contributed by atoms with van der Waals surface area (Å²) in [6.07, 6.45) is 6.51. The number of rotatable bonds is 6. The molecule has 0 fully saturated rings. The molecule has 2 nitrogen and oxygen atoms in total. The number of terminal acetylenes is 1. The van der Waals surface area contributed by atoms with Crippen LogP contribution in [0.3, 0.4) is 0 Å². The highest BCUT2D eigenvalue weighted by Crippen LogP contribution is 2.19. The molecule has 0 bridgehead atoms. The van der Waals surface area contributed by atoms with Crippen LogP contribution in [0, 0.1) is 12.3 Å². The van der Waals surface area contributed by atoms with E-state index in [2.05, 4.69) is 5.92 Å². The van der Waals surface area contributed by atoms with E-state index in [1.54, 1.807) is 7.11 Å². The topological polar surface area (TPSA) is 26.3 Å². The first-order valence-corrected chi connectivity index (χ1v) is 5.33. The summed E-state index contributed by atoms with van der Waals surface area (Å²) in [4.78, 5) is 11.9. The van der Waals surface area contributed by atoms with Gasteiger partial charge in [-0.05, 0) is 12.0 Å². The second kappa shape index (κ2) is 6.81. The van der Waals surface area contributed by atoms with E-state index in [4.69, 9.17) is 11.2 Å². The van der Waals surface area contributed by atoms with E-state index < -0.39 is 6.10 Å². The predicted octanol–water partition coefficient (Wildman–Crippen LogP) is 2.75. The van der Waals surface area contributed by atoms with Crippen LogP contribution < -0.4 is 0 Å². The highest BCUT2D eigenvalue weighted by atomic mass is 16.5. The summed E-state index contributed by atoms with van der Waals surface area (Å²) in [5.74, 6) is 2.61. The molecule has 0 N–H and O–H groups in total. The van der Waals surface area contributed by atoms with Crippen molar-refractivity contribution in [2.45, 2.75) is 25.4 Å². The minimum Gasteiger partial charge on any atom is -0.369 e. The van der Waals surface area contributed by atoms with Gasteiger partial charge < -0.3 is 4.74 Å². The molecule has 0 saturated heterocycles. The van der Waals surface area contributed by atoms with Crippen LogP contribution in [0.2, 0.25) is 0 Å². The second-order valence-electron chi connectivity index (χ2n) is 3.55. The number of hydrogen-bond donors (Lipinski definition) is 0. The summed E-state index contributed by atoms with van der Waals surface area (Å²) < 4.78 is 5.23. The average molecular weight is 216 g/mol. The lowest BCUT2D eigenvalue weighted by Crippen LogP contribution is -2.14. The molecule has 0 spiro atoms. The van der Waals surface area contributed by atoms with Crippen LogP contribution in [0.15, 0.2) is 30.3 Å². The van der Waals surface area contributed by atoms with Crippen molar-refractivity contribution in [1.29, 1.82) is 0 Å². The van der Waals surface area contributed by atoms with E-state index in [1.807, 2.05) is 30.3 Å². The molecular formula is C14H16O2. The smallest absolute Gasteiger partial charge is 0.166 e. The highest BCUT2D eigenvalue weighted by molar-refractivity contribution is 5.84. The summed E-state index contributed by atoms with van der Waals surface area (Å²) in [5.41, 5.74) is 0.899. The zero-order valence-electron chi connectivity index (χ0n) is 9.48. The molecule has 0 amide bonds. The Morgan fingerprint density at radius 3 is 2.69 bits per heavy atom. The maximum atomic E-state index is 11.9. The van der Waals surface area contributed by atoms with Gasteiger partial charge in [0.05, 0.1) is 0 Å². The quantitative estimate of drug-likeness (QED) is 0.540.